The topological polar surface area (TPSA) is 86.9 Å². The van der Waals surface area contributed by atoms with E-state index in [-0.39, 0.29) is 29.5 Å². The van der Waals surface area contributed by atoms with E-state index in [1.54, 1.807) is 11.0 Å². The van der Waals surface area contributed by atoms with Gasteiger partial charge in [0.15, 0.2) is 0 Å². The van der Waals surface area contributed by atoms with Gasteiger partial charge >= 0.3 is 0 Å². The van der Waals surface area contributed by atoms with Crippen LogP contribution < -0.4 is 0 Å². The molecule has 0 saturated carbocycles. The molecule has 7 heteroatoms. The number of piperidine rings is 1. The number of amides is 2. The number of likely N-dealkylation sites (tertiary alicyclic amines) is 2. The number of hydrogen-bond acceptors (Lipinski definition) is 5. The maximum absolute atomic E-state index is 13.9. The number of aliphatic hydroxyl groups excluding tert-OH is 1. The summed E-state index contributed by atoms with van der Waals surface area (Å²) in [5.74, 6) is 0.312. The van der Waals surface area contributed by atoms with Gasteiger partial charge in [0.05, 0.1) is 23.3 Å². The van der Waals surface area contributed by atoms with E-state index in [1.807, 2.05) is 79.4 Å². The van der Waals surface area contributed by atoms with Crippen molar-refractivity contribution in [3.8, 4) is 0 Å². The average molecular weight is 488 g/mol. The van der Waals surface area contributed by atoms with Crippen molar-refractivity contribution in [3.63, 3.8) is 0 Å². The highest BCUT2D eigenvalue weighted by Gasteiger charge is 2.54. The lowest BCUT2D eigenvalue weighted by molar-refractivity contribution is -0.140. The second-order valence-electron chi connectivity index (χ2n) is 10.4. The lowest BCUT2D eigenvalue weighted by atomic mass is 9.75. The zero-order valence-corrected chi connectivity index (χ0v) is 20.8. The van der Waals surface area contributed by atoms with Gasteiger partial charge in [0.2, 0.25) is 11.7 Å². The first-order valence-electron chi connectivity index (χ1n) is 12.7. The number of rotatable bonds is 6. The molecule has 5 rings (SSSR count). The highest BCUT2D eigenvalue weighted by Crippen LogP contribution is 2.48. The molecule has 0 radical (unpaired) electrons. The molecule has 0 aliphatic carbocycles. The minimum atomic E-state index is -0.776. The molecule has 188 valence electrons. The standard InChI is InChI=1S/C29H33N3O4/c1-20(2)23-17-25(36-30-23)27(34)31-15-13-29(14-16-31)18-24(26(33)22-11-7-4-8-12-22)32(28(29)35)19-21-9-5-3-6-10-21/h3-12,17,20,24,26,33H,13-16,18-19H2,1-2H3/t24-,26+/m0/s1. The summed E-state index contributed by atoms with van der Waals surface area (Å²) >= 11 is 0. The van der Waals surface area contributed by atoms with E-state index in [9.17, 15) is 14.7 Å². The molecular formula is C29H33N3O4. The Labute approximate surface area is 211 Å². The van der Waals surface area contributed by atoms with Crippen LogP contribution in [0.5, 0.6) is 0 Å². The van der Waals surface area contributed by atoms with E-state index in [0.29, 0.717) is 38.9 Å². The molecule has 2 saturated heterocycles. The zero-order valence-electron chi connectivity index (χ0n) is 20.8. The van der Waals surface area contributed by atoms with Crippen molar-refractivity contribution in [2.45, 2.75) is 57.7 Å². The number of carbonyl (C=O) groups is 2. The molecular weight excluding hydrogens is 454 g/mol. The lowest BCUT2D eigenvalue weighted by Gasteiger charge is -2.37. The summed E-state index contributed by atoms with van der Waals surface area (Å²) in [5.41, 5.74) is 2.01. The van der Waals surface area contributed by atoms with Crippen LogP contribution >= 0.6 is 0 Å². The van der Waals surface area contributed by atoms with Gasteiger partial charge in [0, 0.05) is 25.7 Å². The first-order chi connectivity index (χ1) is 17.4. The molecule has 1 spiro atoms. The minimum Gasteiger partial charge on any atom is -0.386 e. The van der Waals surface area contributed by atoms with Gasteiger partial charge in [-0.2, -0.15) is 0 Å². The largest absolute Gasteiger partial charge is 0.386 e. The summed E-state index contributed by atoms with van der Waals surface area (Å²) in [6.07, 6.45) is 0.913. The summed E-state index contributed by atoms with van der Waals surface area (Å²) in [6.45, 7) is 5.40. The fraction of sp³-hybridized carbons (Fsp3) is 0.414. The second-order valence-corrected chi connectivity index (χ2v) is 10.4. The van der Waals surface area contributed by atoms with Gasteiger partial charge in [-0.1, -0.05) is 79.7 Å². The fourth-order valence-corrected chi connectivity index (χ4v) is 5.55. The van der Waals surface area contributed by atoms with Crippen LogP contribution in [-0.4, -0.2) is 51.0 Å². The molecule has 2 fully saturated rings. The third-order valence-corrected chi connectivity index (χ3v) is 7.75. The Morgan fingerprint density at radius 2 is 1.72 bits per heavy atom. The van der Waals surface area contributed by atoms with Gasteiger partial charge in [-0.3, -0.25) is 9.59 Å². The van der Waals surface area contributed by atoms with Gasteiger partial charge in [-0.25, -0.2) is 0 Å². The number of aromatic nitrogens is 1. The van der Waals surface area contributed by atoms with Crippen LogP contribution in [0, 0.1) is 5.41 Å². The summed E-state index contributed by atoms with van der Waals surface area (Å²) in [7, 11) is 0. The lowest BCUT2D eigenvalue weighted by Crippen LogP contribution is -2.46. The monoisotopic (exact) mass is 487 g/mol. The molecule has 3 heterocycles. The summed E-state index contributed by atoms with van der Waals surface area (Å²) in [5, 5.41) is 15.4. The molecule has 7 nitrogen and oxygen atoms in total. The molecule has 1 aromatic heterocycles. The Morgan fingerprint density at radius 3 is 2.33 bits per heavy atom. The maximum atomic E-state index is 13.9. The Hall–Kier alpha value is -3.45. The highest BCUT2D eigenvalue weighted by molar-refractivity contribution is 5.92. The van der Waals surface area contributed by atoms with E-state index in [4.69, 9.17) is 4.52 Å². The molecule has 0 bridgehead atoms. The van der Waals surface area contributed by atoms with Crippen LogP contribution in [0.25, 0.3) is 0 Å². The molecule has 36 heavy (non-hydrogen) atoms. The molecule has 0 unspecified atom stereocenters. The first-order valence-corrected chi connectivity index (χ1v) is 12.7. The van der Waals surface area contributed by atoms with E-state index in [0.717, 1.165) is 16.8 Å². The Balaban J connectivity index is 1.35. The predicted octanol–water partition coefficient (Wildman–Crippen LogP) is 4.56. The number of nitrogens with zero attached hydrogens (tertiary/aromatic N) is 3. The summed E-state index contributed by atoms with van der Waals surface area (Å²) < 4.78 is 5.31. The van der Waals surface area contributed by atoms with Crippen LogP contribution in [0.3, 0.4) is 0 Å². The zero-order chi connectivity index (χ0) is 25.3. The van der Waals surface area contributed by atoms with E-state index >= 15 is 0 Å². The van der Waals surface area contributed by atoms with Crippen molar-refractivity contribution in [2.24, 2.45) is 5.41 Å². The van der Waals surface area contributed by atoms with Crippen LogP contribution in [0.1, 0.15) is 72.5 Å². The van der Waals surface area contributed by atoms with Crippen LogP contribution in [0.15, 0.2) is 71.3 Å². The Bertz CT molecular complexity index is 1200. The predicted molar refractivity (Wildman–Crippen MR) is 135 cm³/mol. The molecule has 3 aromatic rings. The van der Waals surface area contributed by atoms with Gasteiger partial charge in [0.1, 0.15) is 0 Å². The van der Waals surface area contributed by atoms with Crippen molar-refractivity contribution in [1.29, 1.82) is 0 Å². The second kappa shape index (κ2) is 9.90. The summed E-state index contributed by atoms with van der Waals surface area (Å²) in [4.78, 5) is 30.6. The minimum absolute atomic E-state index is 0.0696. The molecule has 2 aliphatic rings. The van der Waals surface area contributed by atoms with Gasteiger partial charge in [0.25, 0.3) is 5.91 Å². The van der Waals surface area contributed by atoms with Crippen molar-refractivity contribution >= 4 is 11.8 Å². The van der Waals surface area contributed by atoms with Gasteiger partial charge in [-0.15, -0.1) is 0 Å². The number of benzene rings is 2. The molecule has 2 atom stereocenters. The Morgan fingerprint density at radius 1 is 1.08 bits per heavy atom. The van der Waals surface area contributed by atoms with Gasteiger partial charge in [-0.05, 0) is 36.3 Å². The van der Waals surface area contributed by atoms with Crippen molar-refractivity contribution in [3.05, 3.63) is 89.3 Å². The maximum Gasteiger partial charge on any atom is 0.292 e. The quantitative estimate of drug-likeness (QED) is 0.551. The van der Waals surface area contributed by atoms with Gasteiger partial charge < -0.3 is 19.4 Å². The number of carbonyl (C=O) groups excluding carboxylic acids is 2. The Kier molecular flexibility index (Phi) is 6.67. The molecule has 2 aliphatic heterocycles. The van der Waals surface area contributed by atoms with Crippen molar-refractivity contribution in [2.75, 3.05) is 13.1 Å². The molecule has 2 aromatic carbocycles. The van der Waals surface area contributed by atoms with E-state index in [2.05, 4.69) is 5.16 Å². The third-order valence-electron chi connectivity index (χ3n) is 7.75. The van der Waals surface area contributed by atoms with Crippen molar-refractivity contribution in [1.82, 2.24) is 15.0 Å². The molecule has 1 N–H and O–H groups in total. The number of hydrogen-bond donors (Lipinski definition) is 1. The smallest absolute Gasteiger partial charge is 0.292 e. The highest BCUT2D eigenvalue weighted by atomic mass is 16.5. The normalized spacial score (nSPS) is 20.3. The SMILES string of the molecule is CC(C)c1cc(C(=O)N2CCC3(CC2)C[C@@H]([C@H](O)c2ccccc2)N(Cc2ccccc2)C3=O)on1. The van der Waals surface area contributed by atoms with Crippen LogP contribution in [-0.2, 0) is 11.3 Å². The average Bonchev–Trinajstić information content (AvgIpc) is 3.50. The van der Waals surface area contributed by atoms with E-state index < -0.39 is 11.5 Å². The third kappa shape index (κ3) is 4.55. The first kappa shape index (κ1) is 24.3. The van der Waals surface area contributed by atoms with E-state index in [1.165, 1.54) is 0 Å². The summed E-state index contributed by atoms with van der Waals surface area (Å²) in [6, 6.07) is 20.8. The van der Waals surface area contributed by atoms with Crippen LogP contribution in [0.2, 0.25) is 0 Å². The number of aliphatic hydroxyl groups is 1. The fourth-order valence-electron chi connectivity index (χ4n) is 5.55. The molecule has 2 amide bonds. The van der Waals surface area contributed by atoms with Crippen LogP contribution in [0.4, 0.5) is 0 Å². The van der Waals surface area contributed by atoms with Crippen molar-refractivity contribution < 1.29 is 19.2 Å².